The minimum atomic E-state index is -3.65. The molecule has 0 saturated carbocycles. The number of para-hydroxylation sites is 1. The van der Waals surface area contributed by atoms with Gasteiger partial charge in [0.15, 0.2) is 0 Å². The van der Waals surface area contributed by atoms with Gasteiger partial charge in [-0.15, -0.1) is 11.3 Å². The third-order valence-electron chi connectivity index (χ3n) is 3.86. The zero-order chi connectivity index (χ0) is 21.7. The Morgan fingerprint density at radius 3 is 2.30 bits per heavy atom. The molecule has 7 nitrogen and oxygen atoms in total. The maximum absolute atomic E-state index is 12.6. The minimum absolute atomic E-state index is 0.154. The molecule has 0 bridgehead atoms. The Morgan fingerprint density at radius 2 is 1.67 bits per heavy atom. The van der Waals surface area contributed by atoms with Crippen molar-refractivity contribution in [2.75, 3.05) is 24.1 Å². The zero-order valence-corrected chi connectivity index (χ0v) is 18.6. The SMILES string of the molecule is CN(C)C(=O)Sc1ccccc1NC(=O)c1ccc(NS(=O)(=O)c2cccs2)cc1. The number of amides is 2. The molecule has 0 fully saturated rings. The molecule has 156 valence electrons. The van der Waals surface area contributed by atoms with Crippen molar-refractivity contribution < 1.29 is 18.0 Å². The summed E-state index contributed by atoms with van der Waals surface area (Å²) in [7, 11) is -0.332. The van der Waals surface area contributed by atoms with Gasteiger partial charge in [0.1, 0.15) is 4.21 Å². The van der Waals surface area contributed by atoms with E-state index in [1.54, 1.807) is 49.8 Å². The van der Waals surface area contributed by atoms with Gasteiger partial charge in [-0.2, -0.15) is 0 Å². The predicted octanol–water partition coefficient (Wildman–Crippen LogP) is 4.57. The van der Waals surface area contributed by atoms with Crippen LogP contribution in [0.2, 0.25) is 0 Å². The fourth-order valence-corrected chi connectivity index (χ4v) is 5.15. The molecule has 0 unspecified atom stereocenters. The Hall–Kier alpha value is -2.82. The number of hydrogen-bond acceptors (Lipinski definition) is 6. The van der Waals surface area contributed by atoms with Crippen molar-refractivity contribution in [1.29, 1.82) is 0 Å². The molecule has 0 aliphatic carbocycles. The average molecular weight is 462 g/mol. The van der Waals surface area contributed by atoms with Crippen molar-refractivity contribution in [2.45, 2.75) is 9.10 Å². The predicted molar refractivity (Wildman–Crippen MR) is 121 cm³/mol. The second kappa shape index (κ2) is 9.33. The Balaban J connectivity index is 1.71. The first kappa shape index (κ1) is 21.9. The fraction of sp³-hybridized carbons (Fsp3) is 0.100. The first-order valence-electron chi connectivity index (χ1n) is 8.72. The Bertz CT molecular complexity index is 1140. The third kappa shape index (κ3) is 5.41. The highest BCUT2D eigenvalue weighted by molar-refractivity contribution is 8.13. The van der Waals surface area contributed by atoms with E-state index in [9.17, 15) is 18.0 Å². The summed E-state index contributed by atoms with van der Waals surface area (Å²) in [5.41, 5.74) is 1.23. The van der Waals surface area contributed by atoms with Crippen LogP contribution in [0, 0.1) is 0 Å². The van der Waals surface area contributed by atoms with Crippen molar-refractivity contribution in [2.24, 2.45) is 0 Å². The standard InChI is InChI=1S/C20H19N3O4S3/c1-23(2)20(25)29-17-7-4-3-6-16(17)21-19(24)14-9-11-15(12-10-14)22-30(26,27)18-8-5-13-28-18/h3-13,22H,1-2H3,(H,21,24). The van der Waals surface area contributed by atoms with Crippen molar-refractivity contribution in [3.05, 3.63) is 71.6 Å². The van der Waals surface area contributed by atoms with Crippen LogP contribution in [0.1, 0.15) is 10.4 Å². The van der Waals surface area contributed by atoms with Gasteiger partial charge in [0.05, 0.1) is 5.69 Å². The molecule has 2 N–H and O–H groups in total. The normalized spacial score (nSPS) is 11.0. The first-order chi connectivity index (χ1) is 14.3. The number of thioether (sulfide) groups is 1. The molecule has 10 heteroatoms. The third-order valence-corrected chi connectivity index (χ3v) is 7.75. The second-order valence-electron chi connectivity index (χ2n) is 6.33. The van der Waals surface area contributed by atoms with Crippen LogP contribution in [0.25, 0.3) is 0 Å². The summed E-state index contributed by atoms with van der Waals surface area (Å²) in [5.74, 6) is -0.368. The number of rotatable bonds is 6. The number of hydrogen-bond donors (Lipinski definition) is 2. The molecule has 3 rings (SSSR count). The van der Waals surface area contributed by atoms with E-state index in [1.165, 1.54) is 35.2 Å². The van der Waals surface area contributed by atoms with Crippen LogP contribution >= 0.6 is 23.1 Å². The van der Waals surface area contributed by atoms with Crippen LogP contribution in [0.3, 0.4) is 0 Å². The van der Waals surface area contributed by atoms with E-state index in [4.69, 9.17) is 0 Å². The average Bonchev–Trinajstić information content (AvgIpc) is 3.25. The molecule has 3 aromatic rings. The number of nitrogens with zero attached hydrogens (tertiary/aromatic N) is 1. The van der Waals surface area contributed by atoms with Gasteiger partial charge in [-0.3, -0.25) is 14.3 Å². The highest BCUT2D eigenvalue weighted by atomic mass is 32.2. The van der Waals surface area contributed by atoms with Gasteiger partial charge in [-0.1, -0.05) is 18.2 Å². The minimum Gasteiger partial charge on any atom is -0.339 e. The van der Waals surface area contributed by atoms with Gasteiger partial charge < -0.3 is 10.2 Å². The van der Waals surface area contributed by atoms with Crippen molar-refractivity contribution in [3.63, 3.8) is 0 Å². The Labute approximate surface area is 183 Å². The molecule has 0 spiro atoms. The molecule has 1 heterocycles. The van der Waals surface area contributed by atoms with E-state index in [0.717, 1.165) is 23.1 Å². The quantitative estimate of drug-likeness (QED) is 0.524. The van der Waals surface area contributed by atoms with Crippen LogP contribution in [0.5, 0.6) is 0 Å². The van der Waals surface area contributed by atoms with Gasteiger partial charge in [-0.25, -0.2) is 8.42 Å². The molecule has 30 heavy (non-hydrogen) atoms. The molecule has 0 aliphatic heterocycles. The van der Waals surface area contributed by atoms with E-state index >= 15 is 0 Å². The van der Waals surface area contributed by atoms with Gasteiger partial charge >= 0.3 is 0 Å². The monoisotopic (exact) mass is 461 g/mol. The summed E-state index contributed by atoms with van der Waals surface area (Å²) in [5, 5.41) is 4.32. The van der Waals surface area contributed by atoms with Gasteiger partial charge in [0, 0.05) is 30.2 Å². The maximum atomic E-state index is 12.6. The van der Waals surface area contributed by atoms with Crippen LogP contribution in [0.15, 0.2) is 75.1 Å². The van der Waals surface area contributed by atoms with Gasteiger partial charge in [0.25, 0.3) is 21.2 Å². The smallest absolute Gasteiger partial charge is 0.286 e. The van der Waals surface area contributed by atoms with E-state index < -0.39 is 10.0 Å². The molecule has 0 atom stereocenters. The number of thiophene rings is 1. The van der Waals surface area contributed by atoms with Crippen LogP contribution in [-0.4, -0.2) is 38.6 Å². The van der Waals surface area contributed by atoms with Crippen molar-refractivity contribution in [3.8, 4) is 0 Å². The number of sulfonamides is 1. The summed E-state index contributed by atoms with van der Waals surface area (Å²) in [6, 6.07) is 16.3. The highest BCUT2D eigenvalue weighted by Gasteiger charge is 2.16. The van der Waals surface area contributed by atoms with Crippen molar-refractivity contribution >= 4 is 55.6 Å². The lowest BCUT2D eigenvalue weighted by molar-refractivity contribution is 0.102. The lowest BCUT2D eigenvalue weighted by Crippen LogP contribution is -2.17. The lowest BCUT2D eigenvalue weighted by Gasteiger charge is -2.13. The summed E-state index contributed by atoms with van der Waals surface area (Å²) in [4.78, 5) is 26.7. The highest BCUT2D eigenvalue weighted by Crippen LogP contribution is 2.29. The molecule has 1 aromatic heterocycles. The van der Waals surface area contributed by atoms with E-state index in [1.807, 2.05) is 0 Å². The zero-order valence-electron chi connectivity index (χ0n) is 16.2. The van der Waals surface area contributed by atoms with Crippen LogP contribution < -0.4 is 10.0 Å². The molecule has 2 aromatic carbocycles. The Morgan fingerprint density at radius 1 is 0.967 bits per heavy atom. The topological polar surface area (TPSA) is 95.6 Å². The maximum Gasteiger partial charge on any atom is 0.286 e. The summed E-state index contributed by atoms with van der Waals surface area (Å²) < 4.78 is 27.3. The van der Waals surface area contributed by atoms with Crippen LogP contribution in [0.4, 0.5) is 16.2 Å². The number of carbonyl (C=O) groups is 2. The first-order valence-corrected chi connectivity index (χ1v) is 11.9. The molecular weight excluding hydrogens is 442 g/mol. The van der Waals surface area contributed by atoms with E-state index in [2.05, 4.69) is 10.0 Å². The fourth-order valence-electron chi connectivity index (χ4n) is 2.35. The van der Waals surface area contributed by atoms with Crippen molar-refractivity contribution in [1.82, 2.24) is 4.90 Å². The van der Waals surface area contributed by atoms with E-state index in [-0.39, 0.29) is 15.4 Å². The van der Waals surface area contributed by atoms with E-state index in [0.29, 0.717) is 21.8 Å². The molecule has 0 radical (unpaired) electrons. The second-order valence-corrected chi connectivity index (χ2v) is 10.2. The molecule has 2 amide bonds. The molecule has 0 saturated heterocycles. The van der Waals surface area contributed by atoms with Crippen LogP contribution in [-0.2, 0) is 10.0 Å². The number of carbonyl (C=O) groups excluding carboxylic acids is 2. The summed E-state index contributed by atoms with van der Waals surface area (Å²) in [6.45, 7) is 0. The number of anilines is 2. The number of nitrogens with one attached hydrogen (secondary N) is 2. The number of benzene rings is 2. The summed E-state index contributed by atoms with van der Waals surface area (Å²) in [6.07, 6.45) is 0. The lowest BCUT2D eigenvalue weighted by atomic mass is 10.2. The van der Waals surface area contributed by atoms with Gasteiger partial charge in [0.2, 0.25) is 0 Å². The summed E-state index contributed by atoms with van der Waals surface area (Å²) >= 11 is 2.14. The Kier molecular flexibility index (Phi) is 6.80. The largest absolute Gasteiger partial charge is 0.339 e. The molecular formula is C20H19N3O4S3. The van der Waals surface area contributed by atoms with Gasteiger partial charge in [-0.05, 0) is 59.6 Å². The molecule has 0 aliphatic rings.